The molecule has 2 unspecified atom stereocenters. The quantitative estimate of drug-likeness (QED) is 0.548. The number of fused-ring (bicyclic) bond motifs is 1. The lowest BCUT2D eigenvalue weighted by atomic mass is 9.66. The zero-order chi connectivity index (χ0) is 25.8. The molecule has 3 amide bonds. The molecule has 1 aromatic carbocycles. The van der Waals surface area contributed by atoms with Gasteiger partial charge in [0, 0.05) is 12.1 Å². The molecule has 35 heavy (non-hydrogen) atoms. The van der Waals surface area contributed by atoms with Crippen LogP contribution in [0, 0.1) is 17.8 Å². The van der Waals surface area contributed by atoms with Gasteiger partial charge < -0.3 is 25.4 Å². The molecule has 3 aliphatic heterocycles. The molecule has 0 saturated carbocycles. The van der Waals surface area contributed by atoms with Gasteiger partial charge in [0.1, 0.15) is 11.6 Å². The Labute approximate surface area is 207 Å². The number of carbonyl (C=O) groups excluding carboxylic acids is 3. The molecule has 4 rings (SSSR count). The molecule has 0 aliphatic carbocycles. The minimum atomic E-state index is -1.10. The van der Waals surface area contributed by atoms with Crippen LogP contribution in [-0.4, -0.2) is 63.2 Å². The number of rotatable bonds is 7. The number of hydrogen-bond donors (Lipinski definition) is 3. The van der Waals surface area contributed by atoms with E-state index in [4.69, 9.17) is 4.74 Å². The van der Waals surface area contributed by atoms with Gasteiger partial charge in [-0.15, -0.1) is 0 Å². The van der Waals surface area contributed by atoms with E-state index < -0.39 is 40.7 Å². The summed E-state index contributed by atoms with van der Waals surface area (Å²) in [5, 5.41) is 16.3. The van der Waals surface area contributed by atoms with Gasteiger partial charge in [-0.2, -0.15) is 0 Å². The van der Waals surface area contributed by atoms with Crippen LogP contribution < -0.4 is 10.6 Å². The minimum absolute atomic E-state index is 0.0812. The topological polar surface area (TPSA) is 108 Å². The third kappa shape index (κ3) is 4.25. The fourth-order valence-electron chi connectivity index (χ4n) is 6.37. The van der Waals surface area contributed by atoms with Crippen molar-refractivity contribution in [1.29, 1.82) is 0 Å². The molecular formula is C27H39N3O5. The Balaban J connectivity index is 1.71. The first-order chi connectivity index (χ1) is 16.3. The van der Waals surface area contributed by atoms with Gasteiger partial charge in [0.2, 0.25) is 17.7 Å². The molecule has 3 aliphatic rings. The van der Waals surface area contributed by atoms with Crippen LogP contribution >= 0.6 is 0 Å². The largest absolute Gasteiger partial charge is 0.394 e. The van der Waals surface area contributed by atoms with Gasteiger partial charge in [0.25, 0.3) is 0 Å². The number of amides is 3. The fraction of sp³-hybridized carbons (Fsp3) is 0.667. The summed E-state index contributed by atoms with van der Waals surface area (Å²) < 4.78 is 6.61. The number of nitrogens with one attached hydrogen (secondary N) is 2. The first-order valence-corrected chi connectivity index (χ1v) is 12.6. The molecule has 0 aromatic heterocycles. The number of nitrogens with zero attached hydrogens (tertiary/aromatic N) is 1. The van der Waals surface area contributed by atoms with Crippen LogP contribution in [0.5, 0.6) is 0 Å². The Kier molecular flexibility index (Phi) is 6.51. The van der Waals surface area contributed by atoms with Crippen LogP contribution in [0.25, 0.3) is 0 Å². The second kappa shape index (κ2) is 8.89. The lowest BCUT2D eigenvalue weighted by molar-refractivity contribution is -0.151. The maximum atomic E-state index is 14.1. The monoisotopic (exact) mass is 485 g/mol. The predicted molar refractivity (Wildman–Crippen MR) is 131 cm³/mol. The summed E-state index contributed by atoms with van der Waals surface area (Å²) in [6.07, 6.45) is 1.09. The number of carbonyl (C=O) groups is 3. The molecular weight excluding hydrogens is 446 g/mol. The Morgan fingerprint density at radius 1 is 1.17 bits per heavy atom. The summed E-state index contributed by atoms with van der Waals surface area (Å²) in [7, 11) is 0. The normalized spacial score (nSPS) is 32.6. The van der Waals surface area contributed by atoms with Crippen LogP contribution in [0.15, 0.2) is 30.3 Å². The molecule has 2 bridgehead atoms. The van der Waals surface area contributed by atoms with Crippen LogP contribution in [0.3, 0.4) is 0 Å². The third-order valence-corrected chi connectivity index (χ3v) is 7.87. The van der Waals surface area contributed by atoms with Crippen LogP contribution in [0.1, 0.15) is 59.9 Å². The maximum absolute atomic E-state index is 14.1. The number of benzene rings is 1. The predicted octanol–water partition coefficient (Wildman–Crippen LogP) is 2.00. The molecule has 3 N–H and O–H groups in total. The van der Waals surface area contributed by atoms with E-state index in [9.17, 15) is 19.5 Å². The highest BCUT2D eigenvalue weighted by Crippen LogP contribution is 2.63. The van der Waals surface area contributed by atoms with E-state index in [0.29, 0.717) is 19.4 Å². The van der Waals surface area contributed by atoms with Crippen molar-refractivity contribution in [2.75, 3.05) is 6.61 Å². The number of aliphatic hydroxyl groups is 1. The van der Waals surface area contributed by atoms with Crippen molar-refractivity contribution in [1.82, 2.24) is 15.5 Å². The zero-order valence-corrected chi connectivity index (χ0v) is 21.6. The van der Waals surface area contributed by atoms with Gasteiger partial charge in [-0.25, -0.2) is 0 Å². The molecule has 192 valence electrons. The summed E-state index contributed by atoms with van der Waals surface area (Å²) in [5.74, 6) is -2.40. The lowest BCUT2D eigenvalue weighted by Gasteiger charge is -2.39. The molecule has 3 heterocycles. The fourth-order valence-corrected chi connectivity index (χ4v) is 6.37. The van der Waals surface area contributed by atoms with Crippen molar-refractivity contribution in [3.8, 4) is 0 Å². The van der Waals surface area contributed by atoms with Gasteiger partial charge in [-0.05, 0) is 52.0 Å². The molecule has 3 fully saturated rings. The highest BCUT2D eigenvalue weighted by atomic mass is 16.5. The van der Waals surface area contributed by atoms with Gasteiger partial charge >= 0.3 is 0 Å². The highest BCUT2D eigenvalue weighted by molar-refractivity contribution is 5.99. The molecule has 0 radical (unpaired) electrons. The SMILES string of the molecule is CC(C)[C@H](CO)N1C(=O)[C@@H]2[C@@H](C(=O)NCc3ccccc3)[C@@]3(C)CCC2(O3)C1C(=O)NC(C)(C)C. The molecule has 1 aromatic rings. The van der Waals surface area contributed by atoms with Crippen LogP contribution in [0.4, 0.5) is 0 Å². The Morgan fingerprint density at radius 2 is 1.83 bits per heavy atom. The summed E-state index contributed by atoms with van der Waals surface area (Å²) in [5.41, 5.74) is -1.48. The maximum Gasteiger partial charge on any atom is 0.246 e. The Bertz CT molecular complexity index is 990. The first-order valence-electron chi connectivity index (χ1n) is 12.6. The van der Waals surface area contributed by atoms with Crippen LogP contribution in [0.2, 0.25) is 0 Å². The van der Waals surface area contributed by atoms with Crippen molar-refractivity contribution in [3.63, 3.8) is 0 Å². The number of likely N-dealkylation sites (tertiary alicyclic amines) is 1. The minimum Gasteiger partial charge on any atom is -0.394 e. The lowest BCUT2D eigenvalue weighted by Crippen LogP contribution is -2.61. The Morgan fingerprint density at radius 3 is 2.40 bits per heavy atom. The van der Waals surface area contributed by atoms with Gasteiger partial charge in [-0.1, -0.05) is 44.2 Å². The number of ether oxygens (including phenoxy) is 1. The molecule has 3 saturated heterocycles. The molecule has 8 heteroatoms. The number of aliphatic hydroxyl groups excluding tert-OH is 1. The summed E-state index contributed by atoms with van der Waals surface area (Å²) >= 11 is 0. The van der Waals surface area contributed by atoms with Crippen molar-refractivity contribution >= 4 is 17.7 Å². The van der Waals surface area contributed by atoms with E-state index in [1.165, 1.54) is 4.90 Å². The van der Waals surface area contributed by atoms with Crippen LogP contribution in [-0.2, 0) is 25.7 Å². The summed E-state index contributed by atoms with van der Waals surface area (Å²) in [4.78, 5) is 42.9. The smallest absolute Gasteiger partial charge is 0.246 e. The first kappa shape index (κ1) is 25.6. The highest BCUT2D eigenvalue weighted by Gasteiger charge is 2.78. The number of hydrogen-bond acceptors (Lipinski definition) is 5. The zero-order valence-electron chi connectivity index (χ0n) is 21.6. The third-order valence-electron chi connectivity index (χ3n) is 7.87. The molecule has 1 spiro atoms. The molecule has 8 nitrogen and oxygen atoms in total. The Hall–Kier alpha value is -2.45. The van der Waals surface area contributed by atoms with Gasteiger partial charge in [-0.3, -0.25) is 14.4 Å². The summed E-state index contributed by atoms with van der Waals surface area (Å²) in [6.45, 7) is 11.5. The van der Waals surface area contributed by atoms with Gasteiger partial charge in [0.15, 0.2) is 0 Å². The van der Waals surface area contributed by atoms with Crippen molar-refractivity contribution in [2.24, 2.45) is 17.8 Å². The van der Waals surface area contributed by atoms with E-state index in [-0.39, 0.29) is 30.2 Å². The average molecular weight is 486 g/mol. The average Bonchev–Trinajstić information content (AvgIpc) is 3.33. The van der Waals surface area contributed by atoms with Crippen molar-refractivity contribution < 1.29 is 24.2 Å². The molecule has 6 atom stereocenters. The van der Waals surface area contributed by atoms with E-state index in [1.807, 2.05) is 71.9 Å². The van der Waals surface area contributed by atoms with E-state index in [2.05, 4.69) is 10.6 Å². The standard InChI is InChI=1S/C27H39N3O5/c1-16(2)18(15-31)30-21(23(33)29-25(3,4)5)27-13-12-26(6,35-27)19(20(27)24(30)34)22(32)28-14-17-10-8-7-9-11-17/h7-11,16,18-21,31H,12-15H2,1-6H3,(H,28,32)(H,29,33)/t18-,19-,20-,21?,26+,27?/m0/s1. The van der Waals surface area contributed by atoms with E-state index in [0.717, 1.165) is 5.56 Å². The van der Waals surface area contributed by atoms with Gasteiger partial charge in [0.05, 0.1) is 30.1 Å². The van der Waals surface area contributed by atoms with E-state index >= 15 is 0 Å². The van der Waals surface area contributed by atoms with Crippen molar-refractivity contribution in [3.05, 3.63) is 35.9 Å². The van der Waals surface area contributed by atoms with E-state index in [1.54, 1.807) is 0 Å². The second-order valence-corrected chi connectivity index (χ2v) is 11.9. The summed E-state index contributed by atoms with van der Waals surface area (Å²) in [6, 6.07) is 8.15. The second-order valence-electron chi connectivity index (χ2n) is 11.9. The van der Waals surface area contributed by atoms with Crippen molar-refractivity contribution in [2.45, 2.75) is 89.8 Å².